The highest BCUT2D eigenvalue weighted by molar-refractivity contribution is 5.83. The lowest BCUT2D eigenvalue weighted by Crippen LogP contribution is -2.05. The predicted molar refractivity (Wildman–Crippen MR) is 115 cm³/mol. The number of hydrogen-bond acceptors (Lipinski definition) is 8. The summed E-state index contributed by atoms with van der Waals surface area (Å²) >= 11 is 0. The highest BCUT2D eigenvalue weighted by Crippen LogP contribution is 2.37. The van der Waals surface area contributed by atoms with Gasteiger partial charge < -0.3 is 33.2 Å². The molecule has 3 rings (SSSR count). The Morgan fingerprint density at radius 1 is 0.935 bits per heavy atom. The van der Waals surface area contributed by atoms with Gasteiger partial charge in [0.05, 0.1) is 12.0 Å². The summed E-state index contributed by atoms with van der Waals surface area (Å²) in [5, 5.41) is 10.8. The third-order valence-electron chi connectivity index (χ3n) is 4.48. The second-order valence-corrected chi connectivity index (χ2v) is 6.73. The number of fused-ring (bicyclic) bond motifs is 1. The summed E-state index contributed by atoms with van der Waals surface area (Å²) in [7, 11) is 3.02. The minimum atomic E-state index is -0.544. The first-order valence-electron chi connectivity index (χ1n) is 9.89. The molecular formula is C23H26O8. The molecule has 0 bridgehead atoms. The second-order valence-electron chi connectivity index (χ2n) is 6.73. The van der Waals surface area contributed by atoms with E-state index in [9.17, 15) is 9.90 Å². The molecule has 1 aromatic heterocycles. The maximum Gasteiger partial charge on any atom is 0.235 e. The van der Waals surface area contributed by atoms with Crippen LogP contribution in [0.3, 0.4) is 0 Å². The molecule has 166 valence electrons. The summed E-state index contributed by atoms with van der Waals surface area (Å²) < 4.78 is 32.6. The van der Waals surface area contributed by atoms with Crippen LogP contribution in [0.1, 0.15) is 19.8 Å². The van der Waals surface area contributed by atoms with Crippen LogP contribution in [-0.4, -0.2) is 39.5 Å². The number of rotatable bonds is 11. The average Bonchev–Trinajstić information content (AvgIpc) is 2.79. The van der Waals surface area contributed by atoms with Crippen molar-refractivity contribution >= 4 is 11.0 Å². The summed E-state index contributed by atoms with van der Waals surface area (Å²) in [5.41, 5.74) is 0.180. The van der Waals surface area contributed by atoms with E-state index >= 15 is 0 Å². The molecule has 8 nitrogen and oxygen atoms in total. The van der Waals surface area contributed by atoms with E-state index in [4.69, 9.17) is 28.1 Å². The van der Waals surface area contributed by atoms with Crippen LogP contribution >= 0.6 is 0 Å². The van der Waals surface area contributed by atoms with Crippen molar-refractivity contribution in [3.05, 3.63) is 46.6 Å². The van der Waals surface area contributed by atoms with Gasteiger partial charge in [-0.1, -0.05) is 13.3 Å². The largest absolute Gasteiger partial charge is 0.502 e. The molecule has 0 spiro atoms. The Bertz CT molecular complexity index is 1070. The molecular weight excluding hydrogens is 404 g/mol. The van der Waals surface area contributed by atoms with Gasteiger partial charge in [-0.2, -0.15) is 0 Å². The van der Waals surface area contributed by atoms with Crippen LogP contribution < -0.4 is 19.6 Å². The number of unbranched alkanes of at least 4 members (excludes halogenated alkanes) is 1. The molecule has 2 aromatic carbocycles. The van der Waals surface area contributed by atoms with Crippen molar-refractivity contribution in [2.24, 2.45) is 0 Å². The van der Waals surface area contributed by atoms with Crippen molar-refractivity contribution in [1.82, 2.24) is 0 Å². The Morgan fingerprint density at radius 2 is 1.71 bits per heavy atom. The van der Waals surface area contributed by atoms with E-state index in [1.54, 1.807) is 30.3 Å². The number of hydrogen-bond donors (Lipinski definition) is 1. The molecule has 1 heterocycles. The lowest BCUT2D eigenvalue weighted by Gasteiger charge is -2.14. The minimum absolute atomic E-state index is 0.0153. The van der Waals surface area contributed by atoms with E-state index in [0.717, 1.165) is 12.8 Å². The first-order valence-corrected chi connectivity index (χ1v) is 9.89. The van der Waals surface area contributed by atoms with E-state index < -0.39 is 11.2 Å². The van der Waals surface area contributed by atoms with Gasteiger partial charge in [-0.3, -0.25) is 4.79 Å². The highest BCUT2D eigenvalue weighted by atomic mass is 16.7. The third kappa shape index (κ3) is 5.28. The van der Waals surface area contributed by atoms with Crippen LogP contribution in [-0.2, 0) is 9.47 Å². The summed E-state index contributed by atoms with van der Waals surface area (Å²) in [6, 6.07) is 9.75. The molecule has 3 aromatic rings. The van der Waals surface area contributed by atoms with E-state index in [-0.39, 0.29) is 30.3 Å². The molecule has 0 saturated carbocycles. The van der Waals surface area contributed by atoms with Gasteiger partial charge in [0, 0.05) is 25.8 Å². The fraction of sp³-hybridized carbons (Fsp3) is 0.348. The molecule has 8 heteroatoms. The normalized spacial score (nSPS) is 10.9. The molecule has 0 amide bonds. The molecule has 0 fully saturated rings. The van der Waals surface area contributed by atoms with Gasteiger partial charge in [0.15, 0.2) is 30.8 Å². The van der Waals surface area contributed by atoms with Crippen molar-refractivity contribution in [3.63, 3.8) is 0 Å². The molecule has 1 N–H and O–H groups in total. The Kier molecular flexibility index (Phi) is 7.75. The summed E-state index contributed by atoms with van der Waals surface area (Å²) in [6.45, 7) is 2.69. The van der Waals surface area contributed by atoms with E-state index in [0.29, 0.717) is 29.4 Å². The topological polar surface area (TPSA) is 96.6 Å². The fourth-order valence-corrected chi connectivity index (χ4v) is 2.91. The van der Waals surface area contributed by atoms with Crippen LogP contribution in [0.4, 0.5) is 0 Å². The Hall–Kier alpha value is -3.23. The molecule has 0 unspecified atom stereocenters. The van der Waals surface area contributed by atoms with Gasteiger partial charge in [-0.05, 0) is 36.8 Å². The van der Waals surface area contributed by atoms with E-state index in [2.05, 4.69) is 6.92 Å². The summed E-state index contributed by atoms with van der Waals surface area (Å²) in [6.07, 6.45) is 1.90. The Morgan fingerprint density at radius 3 is 2.45 bits per heavy atom. The summed E-state index contributed by atoms with van der Waals surface area (Å²) in [4.78, 5) is 12.7. The average molecular weight is 430 g/mol. The van der Waals surface area contributed by atoms with Crippen molar-refractivity contribution in [3.8, 4) is 34.3 Å². The monoisotopic (exact) mass is 430 g/mol. The molecule has 0 atom stereocenters. The third-order valence-corrected chi connectivity index (χ3v) is 4.48. The SMILES string of the molecule is CCCCOc1ccc(-c2oc3cc(OCOC)ccc3c(=O)c2O)cc1OCOC. The van der Waals surface area contributed by atoms with Gasteiger partial charge in [-0.15, -0.1) is 0 Å². The maximum absolute atomic E-state index is 12.7. The van der Waals surface area contributed by atoms with Crippen molar-refractivity contribution in [1.29, 1.82) is 0 Å². The molecule has 0 saturated heterocycles. The fourth-order valence-electron chi connectivity index (χ4n) is 2.91. The van der Waals surface area contributed by atoms with Crippen molar-refractivity contribution in [2.75, 3.05) is 34.4 Å². The van der Waals surface area contributed by atoms with Crippen molar-refractivity contribution < 1.29 is 33.2 Å². The van der Waals surface area contributed by atoms with Crippen LogP contribution in [0.2, 0.25) is 0 Å². The zero-order valence-corrected chi connectivity index (χ0v) is 17.8. The molecule has 0 aliphatic heterocycles. The molecule has 0 aliphatic rings. The van der Waals surface area contributed by atoms with Crippen LogP contribution in [0, 0.1) is 0 Å². The summed E-state index contributed by atoms with van der Waals surface area (Å²) in [5.74, 6) is 0.944. The van der Waals surface area contributed by atoms with E-state index in [1.807, 2.05) is 0 Å². The van der Waals surface area contributed by atoms with Gasteiger partial charge >= 0.3 is 0 Å². The Balaban J connectivity index is 2.04. The highest BCUT2D eigenvalue weighted by Gasteiger charge is 2.18. The number of methoxy groups -OCH3 is 2. The smallest absolute Gasteiger partial charge is 0.235 e. The lowest BCUT2D eigenvalue weighted by atomic mass is 10.1. The minimum Gasteiger partial charge on any atom is -0.502 e. The molecule has 31 heavy (non-hydrogen) atoms. The number of benzene rings is 2. The van der Waals surface area contributed by atoms with Gasteiger partial charge in [0.25, 0.3) is 0 Å². The molecule has 0 aliphatic carbocycles. The maximum atomic E-state index is 12.7. The zero-order valence-electron chi connectivity index (χ0n) is 17.8. The zero-order chi connectivity index (χ0) is 22.2. The number of aromatic hydroxyl groups is 1. The first kappa shape index (κ1) is 22.5. The number of ether oxygens (including phenoxy) is 5. The van der Waals surface area contributed by atoms with Crippen LogP contribution in [0.25, 0.3) is 22.3 Å². The van der Waals surface area contributed by atoms with Gasteiger partial charge in [-0.25, -0.2) is 0 Å². The second kappa shape index (κ2) is 10.7. The van der Waals surface area contributed by atoms with Crippen molar-refractivity contribution in [2.45, 2.75) is 19.8 Å². The quantitative estimate of drug-likeness (QED) is 0.355. The Labute approximate surface area is 179 Å². The standard InChI is InChI=1S/C23H26O8/c1-4-5-10-28-18-9-6-15(11-20(18)30-14-27-3)23-22(25)21(24)17-8-7-16(29-13-26-2)12-19(17)31-23/h6-9,11-12,25H,4-5,10,13-14H2,1-3H3. The van der Waals surface area contributed by atoms with Crippen LogP contribution in [0.5, 0.6) is 23.0 Å². The van der Waals surface area contributed by atoms with E-state index in [1.165, 1.54) is 20.3 Å². The van der Waals surface area contributed by atoms with Crippen LogP contribution in [0.15, 0.2) is 45.6 Å². The van der Waals surface area contributed by atoms with Gasteiger partial charge in [0.1, 0.15) is 11.3 Å². The first-order chi connectivity index (χ1) is 15.1. The molecule has 0 radical (unpaired) electrons. The lowest BCUT2D eigenvalue weighted by molar-refractivity contribution is 0.0486. The predicted octanol–water partition coefficient (Wildman–Crippen LogP) is 4.31. The van der Waals surface area contributed by atoms with Gasteiger partial charge in [0.2, 0.25) is 11.2 Å².